The summed E-state index contributed by atoms with van der Waals surface area (Å²) in [5, 5.41) is 7.11. The number of carbonyl (C=O) groups excluding carboxylic acids is 1. The maximum atomic E-state index is 11.9. The molecular weight excluding hydrogens is 334 g/mol. The summed E-state index contributed by atoms with van der Waals surface area (Å²) in [5.41, 5.74) is 2.83. The molecule has 7 nitrogen and oxygen atoms in total. The van der Waals surface area contributed by atoms with Gasteiger partial charge in [-0.05, 0) is 29.8 Å². The maximum absolute atomic E-state index is 11.9. The zero-order valence-electron chi connectivity index (χ0n) is 13.9. The van der Waals surface area contributed by atoms with Crippen LogP contribution in [0.1, 0.15) is 5.56 Å². The topological polar surface area (TPSA) is 78.5 Å². The highest BCUT2D eigenvalue weighted by atomic mass is 16.7. The zero-order chi connectivity index (χ0) is 17.8. The average molecular weight is 351 g/mol. The quantitative estimate of drug-likeness (QED) is 0.691. The van der Waals surface area contributed by atoms with Gasteiger partial charge in [-0.3, -0.25) is 9.48 Å². The fourth-order valence-electron chi connectivity index (χ4n) is 2.60. The first-order chi connectivity index (χ1) is 12.8. The van der Waals surface area contributed by atoms with Crippen LogP contribution >= 0.6 is 0 Å². The van der Waals surface area contributed by atoms with E-state index in [1.165, 1.54) is 6.08 Å². The van der Waals surface area contributed by atoms with Crippen molar-refractivity contribution in [3.05, 3.63) is 60.8 Å². The maximum Gasteiger partial charge on any atom is 0.244 e. The number of furan rings is 1. The number of ether oxygens (including phenoxy) is 2. The van der Waals surface area contributed by atoms with Crippen LogP contribution in [0.5, 0.6) is 11.5 Å². The van der Waals surface area contributed by atoms with Crippen LogP contribution in [-0.2, 0) is 11.3 Å². The van der Waals surface area contributed by atoms with Crippen LogP contribution in [0.15, 0.2) is 59.7 Å². The van der Waals surface area contributed by atoms with E-state index in [4.69, 9.17) is 13.9 Å². The van der Waals surface area contributed by atoms with E-state index in [0.717, 1.165) is 22.4 Å². The number of carbonyl (C=O) groups is 1. The molecule has 1 amide bonds. The third kappa shape index (κ3) is 3.61. The zero-order valence-corrected chi connectivity index (χ0v) is 13.9. The Morgan fingerprint density at radius 2 is 2.15 bits per heavy atom. The van der Waals surface area contributed by atoms with E-state index in [0.29, 0.717) is 18.8 Å². The smallest absolute Gasteiger partial charge is 0.244 e. The van der Waals surface area contributed by atoms with E-state index in [1.54, 1.807) is 29.5 Å². The molecule has 1 aromatic carbocycles. The number of aromatic nitrogens is 2. The Balaban J connectivity index is 1.26. The number of nitrogens with zero attached hydrogens (tertiary/aromatic N) is 2. The highest BCUT2D eigenvalue weighted by Crippen LogP contribution is 2.32. The Kier molecular flexibility index (Phi) is 4.42. The number of amides is 1. The lowest BCUT2D eigenvalue weighted by Crippen LogP contribution is -2.25. The van der Waals surface area contributed by atoms with Crippen LogP contribution in [0, 0.1) is 0 Å². The van der Waals surface area contributed by atoms with E-state index in [9.17, 15) is 4.79 Å². The highest BCUT2D eigenvalue weighted by molar-refractivity contribution is 5.91. The van der Waals surface area contributed by atoms with Gasteiger partial charge in [0.15, 0.2) is 11.5 Å². The minimum absolute atomic E-state index is 0.162. The summed E-state index contributed by atoms with van der Waals surface area (Å²) < 4.78 is 17.4. The molecule has 0 radical (unpaired) electrons. The molecule has 3 aromatic rings. The molecule has 7 heteroatoms. The van der Waals surface area contributed by atoms with Gasteiger partial charge in [0, 0.05) is 29.9 Å². The van der Waals surface area contributed by atoms with Crippen molar-refractivity contribution >= 4 is 12.0 Å². The Hall–Kier alpha value is -3.48. The summed E-state index contributed by atoms with van der Waals surface area (Å²) >= 11 is 0. The number of rotatable bonds is 6. The van der Waals surface area contributed by atoms with Gasteiger partial charge in [0.25, 0.3) is 0 Å². The molecule has 1 aliphatic heterocycles. The Morgan fingerprint density at radius 1 is 1.23 bits per heavy atom. The van der Waals surface area contributed by atoms with Crippen molar-refractivity contribution in [1.82, 2.24) is 15.1 Å². The summed E-state index contributed by atoms with van der Waals surface area (Å²) in [4.78, 5) is 11.9. The van der Waals surface area contributed by atoms with Gasteiger partial charge in [-0.25, -0.2) is 0 Å². The first kappa shape index (κ1) is 16.0. The van der Waals surface area contributed by atoms with Crippen LogP contribution in [0.3, 0.4) is 0 Å². The van der Waals surface area contributed by atoms with Crippen molar-refractivity contribution in [2.24, 2.45) is 0 Å². The van der Waals surface area contributed by atoms with Crippen LogP contribution in [-0.4, -0.2) is 29.0 Å². The number of nitrogens with one attached hydrogen (secondary N) is 1. The SMILES string of the molecule is O=C(/C=C/c1ccc2c(c1)OCO2)NCCn1cc(-c2ccoc2)cn1. The van der Waals surface area contributed by atoms with Gasteiger partial charge in [-0.1, -0.05) is 6.07 Å². The second-order valence-corrected chi connectivity index (χ2v) is 5.74. The molecule has 0 bridgehead atoms. The largest absolute Gasteiger partial charge is 0.472 e. The second kappa shape index (κ2) is 7.18. The van der Waals surface area contributed by atoms with E-state index >= 15 is 0 Å². The molecule has 2 aromatic heterocycles. The summed E-state index contributed by atoms with van der Waals surface area (Å²) in [6, 6.07) is 7.42. The first-order valence-corrected chi connectivity index (χ1v) is 8.18. The van der Waals surface area contributed by atoms with Crippen LogP contribution in [0.25, 0.3) is 17.2 Å². The lowest BCUT2D eigenvalue weighted by molar-refractivity contribution is -0.116. The number of fused-ring (bicyclic) bond motifs is 1. The molecule has 0 unspecified atom stereocenters. The molecule has 0 spiro atoms. The van der Waals surface area contributed by atoms with Crippen molar-refractivity contribution in [1.29, 1.82) is 0 Å². The average Bonchev–Trinajstić information content (AvgIpc) is 3.39. The third-order valence-electron chi connectivity index (χ3n) is 3.95. The predicted molar refractivity (Wildman–Crippen MR) is 94.5 cm³/mol. The van der Waals surface area contributed by atoms with Crippen molar-refractivity contribution in [2.75, 3.05) is 13.3 Å². The minimum atomic E-state index is -0.162. The molecule has 1 aliphatic rings. The van der Waals surface area contributed by atoms with Crippen LogP contribution in [0.4, 0.5) is 0 Å². The van der Waals surface area contributed by atoms with Crippen molar-refractivity contribution in [3.8, 4) is 22.6 Å². The van der Waals surface area contributed by atoms with Crippen LogP contribution in [0.2, 0.25) is 0 Å². The Labute approximate surface area is 149 Å². The molecule has 0 saturated heterocycles. The number of benzene rings is 1. The van der Waals surface area contributed by atoms with Crippen molar-refractivity contribution < 1.29 is 18.7 Å². The summed E-state index contributed by atoms with van der Waals surface area (Å²) in [5.74, 6) is 1.25. The van der Waals surface area contributed by atoms with Crippen molar-refractivity contribution in [2.45, 2.75) is 6.54 Å². The summed E-state index contributed by atoms with van der Waals surface area (Å²) in [6.07, 6.45) is 10.2. The number of hydrogen-bond donors (Lipinski definition) is 1. The van der Waals surface area contributed by atoms with Gasteiger partial charge in [0.05, 0.1) is 25.3 Å². The van der Waals surface area contributed by atoms with Gasteiger partial charge < -0.3 is 19.2 Å². The molecule has 0 atom stereocenters. The van der Waals surface area contributed by atoms with E-state index in [-0.39, 0.29) is 12.7 Å². The van der Waals surface area contributed by atoms with Gasteiger partial charge in [0.2, 0.25) is 12.7 Å². The summed E-state index contributed by atoms with van der Waals surface area (Å²) in [6.45, 7) is 1.30. The molecular formula is C19H17N3O4. The molecule has 0 aliphatic carbocycles. The summed E-state index contributed by atoms with van der Waals surface area (Å²) in [7, 11) is 0. The van der Waals surface area contributed by atoms with Gasteiger partial charge >= 0.3 is 0 Å². The molecule has 0 saturated carbocycles. The Bertz CT molecular complexity index is 928. The monoisotopic (exact) mass is 351 g/mol. The van der Waals surface area contributed by atoms with E-state index < -0.39 is 0 Å². The predicted octanol–water partition coefficient (Wildman–Crippen LogP) is 2.70. The number of hydrogen-bond acceptors (Lipinski definition) is 5. The van der Waals surface area contributed by atoms with E-state index in [1.807, 2.05) is 30.5 Å². The lowest BCUT2D eigenvalue weighted by Gasteiger charge is -2.02. The fourth-order valence-corrected chi connectivity index (χ4v) is 2.60. The third-order valence-corrected chi connectivity index (χ3v) is 3.95. The standard InChI is InChI=1S/C19H17N3O4/c23-19(4-2-14-1-3-17-18(9-14)26-13-25-17)20-6-7-22-11-16(10-21-22)15-5-8-24-12-15/h1-5,8-12H,6-7,13H2,(H,20,23)/b4-2+. The van der Waals surface area contributed by atoms with Gasteiger partial charge in [-0.2, -0.15) is 5.10 Å². The molecule has 3 heterocycles. The fraction of sp³-hybridized carbons (Fsp3) is 0.158. The van der Waals surface area contributed by atoms with Gasteiger partial charge in [0.1, 0.15) is 0 Å². The molecule has 1 N–H and O–H groups in total. The molecule has 4 rings (SSSR count). The molecule has 0 fully saturated rings. The minimum Gasteiger partial charge on any atom is -0.472 e. The normalized spacial score (nSPS) is 12.6. The highest BCUT2D eigenvalue weighted by Gasteiger charge is 2.12. The second-order valence-electron chi connectivity index (χ2n) is 5.74. The molecule has 132 valence electrons. The van der Waals surface area contributed by atoms with Crippen LogP contribution < -0.4 is 14.8 Å². The lowest BCUT2D eigenvalue weighted by atomic mass is 10.2. The molecule has 26 heavy (non-hydrogen) atoms. The Morgan fingerprint density at radius 3 is 3.04 bits per heavy atom. The van der Waals surface area contributed by atoms with E-state index in [2.05, 4.69) is 10.4 Å². The van der Waals surface area contributed by atoms with Gasteiger partial charge in [-0.15, -0.1) is 0 Å². The first-order valence-electron chi connectivity index (χ1n) is 8.18. The van der Waals surface area contributed by atoms with Crippen molar-refractivity contribution in [3.63, 3.8) is 0 Å².